The number of hydrogen-bond donors (Lipinski definition) is 2. The van der Waals surface area contributed by atoms with Crippen molar-refractivity contribution in [3.05, 3.63) is 58.6 Å². The highest BCUT2D eigenvalue weighted by molar-refractivity contribution is 6.30. The van der Waals surface area contributed by atoms with Crippen molar-refractivity contribution in [3.8, 4) is 0 Å². The molecule has 0 aliphatic carbocycles. The molecule has 0 aromatic heterocycles. The van der Waals surface area contributed by atoms with Crippen LogP contribution in [0.1, 0.15) is 29.3 Å². The minimum absolute atomic E-state index is 0.125. The van der Waals surface area contributed by atoms with E-state index < -0.39 is 0 Å². The molecule has 110 valence electrons. The predicted octanol–water partition coefficient (Wildman–Crippen LogP) is 4.72. The molecular formula is C17H19ClN2O. The Labute approximate surface area is 130 Å². The number of benzene rings is 2. The number of hydrogen-bond acceptors (Lipinski definition) is 2. The molecule has 0 saturated carbocycles. The predicted molar refractivity (Wildman–Crippen MR) is 89.4 cm³/mol. The van der Waals surface area contributed by atoms with E-state index in [9.17, 15) is 4.79 Å². The van der Waals surface area contributed by atoms with Crippen molar-refractivity contribution >= 4 is 28.9 Å². The minimum atomic E-state index is -0.125. The van der Waals surface area contributed by atoms with E-state index in [0.29, 0.717) is 10.6 Å². The molecule has 0 aliphatic heterocycles. The zero-order valence-electron chi connectivity index (χ0n) is 12.2. The second kappa shape index (κ2) is 7.14. The molecule has 0 spiro atoms. The molecule has 2 aromatic carbocycles. The second-order valence-corrected chi connectivity index (χ2v) is 5.37. The van der Waals surface area contributed by atoms with E-state index in [-0.39, 0.29) is 5.91 Å². The molecule has 21 heavy (non-hydrogen) atoms. The molecule has 2 rings (SSSR count). The number of anilines is 2. The molecule has 1 amide bonds. The van der Waals surface area contributed by atoms with Gasteiger partial charge in [0.2, 0.25) is 0 Å². The quantitative estimate of drug-likeness (QED) is 0.839. The zero-order chi connectivity index (χ0) is 15.2. The number of nitrogens with one attached hydrogen (secondary N) is 2. The summed E-state index contributed by atoms with van der Waals surface area (Å²) in [5.41, 5.74) is 3.29. The van der Waals surface area contributed by atoms with Gasteiger partial charge < -0.3 is 10.6 Å². The Kier molecular flexibility index (Phi) is 5.23. The van der Waals surface area contributed by atoms with Crippen LogP contribution >= 0.6 is 11.6 Å². The first-order chi connectivity index (χ1) is 10.1. The maximum atomic E-state index is 12.5. The van der Waals surface area contributed by atoms with E-state index in [1.54, 1.807) is 24.3 Å². The highest BCUT2D eigenvalue weighted by Crippen LogP contribution is 2.20. The van der Waals surface area contributed by atoms with Crippen LogP contribution in [0.3, 0.4) is 0 Å². The van der Waals surface area contributed by atoms with E-state index in [1.165, 1.54) is 0 Å². The van der Waals surface area contributed by atoms with Crippen molar-refractivity contribution in [2.75, 3.05) is 17.2 Å². The van der Waals surface area contributed by atoms with Gasteiger partial charge in [0, 0.05) is 22.9 Å². The second-order valence-electron chi connectivity index (χ2n) is 4.94. The summed E-state index contributed by atoms with van der Waals surface area (Å²) in [6, 6.07) is 12.9. The van der Waals surface area contributed by atoms with Crippen LogP contribution in [0.5, 0.6) is 0 Å². The first-order valence-electron chi connectivity index (χ1n) is 7.01. The molecule has 0 aliphatic rings. The van der Waals surface area contributed by atoms with Crippen LogP contribution in [0.15, 0.2) is 42.5 Å². The standard InChI is InChI=1S/C17H19ClN2O/c1-3-10-19-16-9-4-12(2)11-15(16)17(21)20-14-7-5-13(18)6-8-14/h4-9,11,19H,3,10H2,1-2H3,(H,20,21). The lowest BCUT2D eigenvalue weighted by atomic mass is 10.1. The number of aryl methyl sites for hydroxylation is 1. The van der Waals surface area contributed by atoms with E-state index in [1.807, 2.05) is 25.1 Å². The van der Waals surface area contributed by atoms with Gasteiger partial charge in [-0.15, -0.1) is 0 Å². The lowest BCUT2D eigenvalue weighted by molar-refractivity contribution is 0.102. The summed E-state index contributed by atoms with van der Waals surface area (Å²) in [5, 5.41) is 6.82. The summed E-state index contributed by atoms with van der Waals surface area (Å²) in [7, 11) is 0. The number of amides is 1. The van der Waals surface area contributed by atoms with Crippen molar-refractivity contribution in [3.63, 3.8) is 0 Å². The van der Waals surface area contributed by atoms with Crippen LogP contribution < -0.4 is 10.6 Å². The summed E-state index contributed by atoms with van der Waals surface area (Å²) in [4.78, 5) is 12.5. The zero-order valence-corrected chi connectivity index (χ0v) is 13.0. The normalized spacial score (nSPS) is 10.2. The Morgan fingerprint density at radius 3 is 2.52 bits per heavy atom. The average molecular weight is 303 g/mol. The van der Waals surface area contributed by atoms with Gasteiger partial charge in [0.1, 0.15) is 0 Å². The van der Waals surface area contributed by atoms with E-state index in [2.05, 4.69) is 17.6 Å². The Balaban J connectivity index is 2.20. The summed E-state index contributed by atoms with van der Waals surface area (Å²) >= 11 is 5.85. The van der Waals surface area contributed by atoms with Gasteiger partial charge in [-0.1, -0.05) is 30.2 Å². The number of halogens is 1. The Hall–Kier alpha value is -2.00. The fourth-order valence-corrected chi connectivity index (χ4v) is 2.12. The number of carbonyl (C=O) groups is 1. The molecule has 2 aromatic rings. The molecule has 3 nitrogen and oxygen atoms in total. The average Bonchev–Trinajstić information content (AvgIpc) is 2.48. The highest BCUT2D eigenvalue weighted by Gasteiger charge is 2.11. The lowest BCUT2D eigenvalue weighted by Gasteiger charge is -2.13. The van der Waals surface area contributed by atoms with Crippen molar-refractivity contribution in [2.45, 2.75) is 20.3 Å². The highest BCUT2D eigenvalue weighted by atomic mass is 35.5. The van der Waals surface area contributed by atoms with Crippen LogP contribution in [0.25, 0.3) is 0 Å². The Bertz CT molecular complexity index is 623. The monoisotopic (exact) mass is 302 g/mol. The molecule has 0 heterocycles. The minimum Gasteiger partial charge on any atom is -0.384 e. The van der Waals surface area contributed by atoms with Crippen molar-refractivity contribution in [2.24, 2.45) is 0 Å². The summed E-state index contributed by atoms with van der Waals surface area (Å²) in [5.74, 6) is -0.125. The molecular weight excluding hydrogens is 284 g/mol. The van der Waals surface area contributed by atoms with Crippen LogP contribution in [-0.4, -0.2) is 12.5 Å². The van der Waals surface area contributed by atoms with Crippen LogP contribution in [0, 0.1) is 6.92 Å². The summed E-state index contributed by atoms with van der Waals surface area (Å²) in [6.07, 6.45) is 1.01. The summed E-state index contributed by atoms with van der Waals surface area (Å²) < 4.78 is 0. The van der Waals surface area contributed by atoms with Crippen LogP contribution in [-0.2, 0) is 0 Å². The van der Waals surface area contributed by atoms with Gasteiger partial charge in [0.15, 0.2) is 0 Å². The molecule has 2 N–H and O–H groups in total. The van der Waals surface area contributed by atoms with Crippen LogP contribution in [0.4, 0.5) is 11.4 Å². The van der Waals surface area contributed by atoms with Gasteiger partial charge in [0.25, 0.3) is 5.91 Å². The van der Waals surface area contributed by atoms with Crippen molar-refractivity contribution in [1.82, 2.24) is 0 Å². The van der Waals surface area contributed by atoms with Gasteiger partial charge in [-0.3, -0.25) is 4.79 Å². The van der Waals surface area contributed by atoms with Gasteiger partial charge >= 0.3 is 0 Å². The third kappa shape index (κ3) is 4.23. The largest absolute Gasteiger partial charge is 0.384 e. The van der Waals surface area contributed by atoms with Gasteiger partial charge in [0.05, 0.1) is 5.56 Å². The maximum absolute atomic E-state index is 12.5. The third-order valence-corrected chi connectivity index (χ3v) is 3.34. The topological polar surface area (TPSA) is 41.1 Å². The fourth-order valence-electron chi connectivity index (χ4n) is 1.99. The van der Waals surface area contributed by atoms with E-state index in [0.717, 1.165) is 29.9 Å². The first kappa shape index (κ1) is 15.4. The fraction of sp³-hybridized carbons (Fsp3) is 0.235. The molecule has 0 atom stereocenters. The van der Waals surface area contributed by atoms with E-state index >= 15 is 0 Å². The SMILES string of the molecule is CCCNc1ccc(C)cc1C(=O)Nc1ccc(Cl)cc1. The summed E-state index contributed by atoms with van der Waals surface area (Å²) in [6.45, 7) is 4.90. The maximum Gasteiger partial charge on any atom is 0.257 e. The van der Waals surface area contributed by atoms with Crippen LogP contribution in [0.2, 0.25) is 5.02 Å². The lowest BCUT2D eigenvalue weighted by Crippen LogP contribution is -2.15. The smallest absolute Gasteiger partial charge is 0.257 e. The molecule has 0 fully saturated rings. The first-order valence-corrected chi connectivity index (χ1v) is 7.39. The Morgan fingerprint density at radius 1 is 1.14 bits per heavy atom. The molecule has 0 radical (unpaired) electrons. The van der Waals surface area contributed by atoms with Crippen molar-refractivity contribution < 1.29 is 4.79 Å². The van der Waals surface area contributed by atoms with Gasteiger partial charge in [-0.2, -0.15) is 0 Å². The molecule has 0 bridgehead atoms. The van der Waals surface area contributed by atoms with Gasteiger partial charge in [-0.25, -0.2) is 0 Å². The molecule has 0 saturated heterocycles. The Morgan fingerprint density at radius 2 is 1.86 bits per heavy atom. The van der Waals surface area contributed by atoms with Gasteiger partial charge in [-0.05, 0) is 49.7 Å². The molecule has 4 heteroatoms. The number of rotatable bonds is 5. The van der Waals surface area contributed by atoms with E-state index in [4.69, 9.17) is 11.6 Å². The van der Waals surface area contributed by atoms with Crippen molar-refractivity contribution in [1.29, 1.82) is 0 Å². The molecule has 0 unspecified atom stereocenters. The third-order valence-electron chi connectivity index (χ3n) is 3.09. The number of carbonyl (C=O) groups excluding carboxylic acids is 1.